The van der Waals surface area contributed by atoms with Crippen LogP contribution in [-0.4, -0.2) is 35.0 Å². The highest BCUT2D eigenvalue weighted by Crippen LogP contribution is 2.24. The summed E-state index contributed by atoms with van der Waals surface area (Å²) in [4.78, 5) is 27.2. The predicted octanol–water partition coefficient (Wildman–Crippen LogP) is 3.81. The van der Waals surface area contributed by atoms with E-state index in [1.807, 2.05) is 55.4 Å². The molecule has 144 valence electrons. The van der Waals surface area contributed by atoms with E-state index in [1.165, 1.54) is 11.8 Å². The number of hydrogen-bond donors (Lipinski definition) is 1. The third-order valence-corrected chi connectivity index (χ3v) is 4.94. The molecule has 0 atom stereocenters. The Morgan fingerprint density at radius 3 is 2.75 bits per heavy atom. The Balaban J connectivity index is 1.62. The second-order valence-corrected chi connectivity index (χ2v) is 7.55. The number of anilines is 1. The number of hydrogen-bond acceptors (Lipinski definition) is 6. The van der Waals surface area contributed by atoms with Gasteiger partial charge in [0.1, 0.15) is 11.0 Å². The first-order chi connectivity index (χ1) is 13.5. The zero-order valence-corrected chi connectivity index (χ0v) is 17.2. The van der Waals surface area contributed by atoms with Crippen LogP contribution in [0.3, 0.4) is 0 Å². The lowest BCUT2D eigenvalue weighted by molar-refractivity contribution is 0.0950. The highest BCUT2D eigenvalue weighted by Gasteiger charge is 2.09. The van der Waals surface area contributed by atoms with E-state index in [4.69, 9.17) is 11.6 Å². The van der Waals surface area contributed by atoms with E-state index in [9.17, 15) is 4.79 Å². The Labute approximate surface area is 173 Å². The fraction of sp³-hybridized carbons (Fsp3) is 0.200. The minimum Gasteiger partial charge on any atom is -0.363 e. The number of carbonyl (C=O) groups excluding carboxylic acids is 1. The number of halogens is 1. The van der Waals surface area contributed by atoms with Gasteiger partial charge in [0.25, 0.3) is 5.91 Å². The van der Waals surface area contributed by atoms with Gasteiger partial charge in [-0.3, -0.25) is 9.78 Å². The van der Waals surface area contributed by atoms with Gasteiger partial charge < -0.3 is 10.2 Å². The average molecular weight is 414 g/mol. The highest BCUT2D eigenvalue weighted by molar-refractivity contribution is 7.98. The number of rotatable bonds is 7. The monoisotopic (exact) mass is 413 g/mol. The summed E-state index contributed by atoms with van der Waals surface area (Å²) < 4.78 is 0. The third kappa shape index (κ3) is 5.68. The van der Waals surface area contributed by atoms with E-state index < -0.39 is 0 Å². The number of aromatic nitrogens is 3. The number of nitrogens with zero attached hydrogens (tertiary/aromatic N) is 4. The maximum Gasteiger partial charge on any atom is 0.251 e. The molecule has 0 saturated heterocycles. The van der Waals surface area contributed by atoms with Gasteiger partial charge in [0.15, 0.2) is 5.16 Å². The standard InChI is InChI=1S/C20H20ClN5OS/c1-26(2)18-11-17(21)24-20(25-18)28-13-14-6-5-7-15(10-14)19(27)23-12-16-8-3-4-9-22-16/h3-11H,12-13H2,1-2H3,(H,23,27). The summed E-state index contributed by atoms with van der Waals surface area (Å²) in [5, 5.41) is 3.89. The summed E-state index contributed by atoms with van der Waals surface area (Å²) in [5.41, 5.74) is 2.43. The van der Waals surface area contributed by atoms with Crippen LogP contribution < -0.4 is 10.2 Å². The van der Waals surface area contributed by atoms with Gasteiger partial charge in [0.05, 0.1) is 12.2 Å². The fourth-order valence-corrected chi connectivity index (χ4v) is 3.43. The van der Waals surface area contributed by atoms with Crippen LogP contribution in [0.4, 0.5) is 5.82 Å². The van der Waals surface area contributed by atoms with E-state index in [1.54, 1.807) is 18.3 Å². The van der Waals surface area contributed by atoms with Crippen LogP contribution in [0.25, 0.3) is 0 Å². The molecule has 0 aliphatic heterocycles. The first-order valence-electron chi connectivity index (χ1n) is 8.63. The van der Waals surface area contributed by atoms with Crippen molar-refractivity contribution in [1.29, 1.82) is 0 Å². The summed E-state index contributed by atoms with van der Waals surface area (Å²) in [7, 11) is 3.81. The summed E-state index contributed by atoms with van der Waals surface area (Å²) in [5.74, 6) is 1.26. The molecule has 0 aliphatic rings. The molecular formula is C20H20ClN5OS. The quantitative estimate of drug-likeness (QED) is 0.361. The molecule has 1 N–H and O–H groups in total. The lowest BCUT2D eigenvalue weighted by Gasteiger charge is -2.12. The van der Waals surface area contributed by atoms with Gasteiger partial charge in [0, 0.05) is 37.7 Å². The Hall–Kier alpha value is -2.64. The van der Waals surface area contributed by atoms with Crippen molar-refractivity contribution in [3.63, 3.8) is 0 Å². The first kappa shape index (κ1) is 20.1. The van der Waals surface area contributed by atoms with Crippen LogP contribution >= 0.6 is 23.4 Å². The van der Waals surface area contributed by atoms with Crippen LogP contribution in [0.2, 0.25) is 5.15 Å². The Morgan fingerprint density at radius 2 is 2.00 bits per heavy atom. The summed E-state index contributed by atoms with van der Waals surface area (Å²) in [6.07, 6.45) is 1.71. The molecular weight excluding hydrogens is 394 g/mol. The molecule has 0 unspecified atom stereocenters. The molecule has 3 aromatic rings. The van der Waals surface area contributed by atoms with Crippen LogP contribution in [0.15, 0.2) is 59.9 Å². The Morgan fingerprint density at radius 1 is 1.14 bits per heavy atom. The molecule has 6 nitrogen and oxygen atoms in total. The average Bonchev–Trinajstić information content (AvgIpc) is 2.71. The molecule has 0 radical (unpaired) electrons. The lowest BCUT2D eigenvalue weighted by atomic mass is 10.1. The van der Waals surface area contributed by atoms with E-state index in [0.29, 0.717) is 28.2 Å². The Bertz CT molecular complexity index is 952. The fourth-order valence-electron chi connectivity index (χ4n) is 2.40. The van der Waals surface area contributed by atoms with Crippen molar-refractivity contribution < 1.29 is 4.79 Å². The normalized spacial score (nSPS) is 10.5. The topological polar surface area (TPSA) is 71.0 Å². The van der Waals surface area contributed by atoms with Crippen LogP contribution in [0.5, 0.6) is 0 Å². The maximum atomic E-state index is 12.4. The zero-order chi connectivity index (χ0) is 19.9. The molecule has 0 aliphatic carbocycles. The molecule has 1 aromatic carbocycles. The molecule has 8 heteroatoms. The molecule has 0 spiro atoms. The molecule has 3 rings (SSSR count). The number of pyridine rings is 1. The van der Waals surface area contributed by atoms with Crippen molar-refractivity contribution in [1.82, 2.24) is 20.3 Å². The smallest absolute Gasteiger partial charge is 0.251 e. The number of benzene rings is 1. The summed E-state index contributed by atoms with van der Waals surface area (Å²) >= 11 is 7.55. The van der Waals surface area contributed by atoms with Gasteiger partial charge in [-0.2, -0.15) is 0 Å². The van der Waals surface area contributed by atoms with Crippen LogP contribution in [-0.2, 0) is 12.3 Å². The zero-order valence-electron chi connectivity index (χ0n) is 15.6. The number of nitrogens with one attached hydrogen (secondary N) is 1. The van der Waals surface area contributed by atoms with Gasteiger partial charge in [-0.15, -0.1) is 0 Å². The van der Waals surface area contributed by atoms with Crippen molar-refractivity contribution in [2.45, 2.75) is 17.5 Å². The molecule has 0 saturated carbocycles. The summed E-state index contributed by atoms with van der Waals surface area (Å²) in [6, 6.07) is 14.8. The number of carbonyl (C=O) groups is 1. The van der Waals surface area contributed by atoms with Gasteiger partial charge in [-0.25, -0.2) is 9.97 Å². The van der Waals surface area contributed by atoms with Crippen molar-refractivity contribution >= 4 is 35.1 Å². The van der Waals surface area contributed by atoms with E-state index in [-0.39, 0.29) is 5.91 Å². The number of amides is 1. The van der Waals surface area contributed by atoms with Crippen molar-refractivity contribution in [2.75, 3.05) is 19.0 Å². The van der Waals surface area contributed by atoms with Crippen molar-refractivity contribution in [3.05, 3.63) is 76.7 Å². The van der Waals surface area contributed by atoms with Gasteiger partial charge in [-0.05, 0) is 29.8 Å². The second kappa shape index (κ2) is 9.52. The van der Waals surface area contributed by atoms with E-state index >= 15 is 0 Å². The maximum absolute atomic E-state index is 12.4. The van der Waals surface area contributed by atoms with Crippen molar-refractivity contribution in [3.8, 4) is 0 Å². The molecule has 2 aromatic heterocycles. The molecule has 0 fully saturated rings. The second-order valence-electron chi connectivity index (χ2n) is 6.22. The van der Waals surface area contributed by atoms with Gasteiger partial charge in [-0.1, -0.05) is 41.6 Å². The SMILES string of the molecule is CN(C)c1cc(Cl)nc(SCc2cccc(C(=O)NCc3ccccn3)c2)n1. The molecule has 28 heavy (non-hydrogen) atoms. The highest BCUT2D eigenvalue weighted by atomic mass is 35.5. The van der Waals surface area contributed by atoms with E-state index in [2.05, 4.69) is 20.3 Å². The lowest BCUT2D eigenvalue weighted by Crippen LogP contribution is -2.23. The van der Waals surface area contributed by atoms with Crippen LogP contribution in [0.1, 0.15) is 21.6 Å². The van der Waals surface area contributed by atoms with Gasteiger partial charge in [0.2, 0.25) is 0 Å². The largest absolute Gasteiger partial charge is 0.363 e. The minimum atomic E-state index is -0.133. The molecule has 1 amide bonds. The molecule has 0 bridgehead atoms. The van der Waals surface area contributed by atoms with Gasteiger partial charge >= 0.3 is 0 Å². The third-order valence-electron chi connectivity index (χ3n) is 3.83. The Kier molecular flexibility index (Phi) is 6.84. The van der Waals surface area contributed by atoms with E-state index in [0.717, 1.165) is 17.1 Å². The predicted molar refractivity (Wildman–Crippen MR) is 113 cm³/mol. The number of thioether (sulfide) groups is 1. The first-order valence-corrected chi connectivity index (χ1v) is 9.99. The summed E-state index contributed by atoms with van der Waals surface area (Å²) in [6.45, 7) is 0.391. The molecule has 2 heterocycles. The van der Waals surface area contributed by atoms with Crippen molar-refractivity contribution in [2.24, 2.45) is 0 Å². The van der Waals surface area contributed by atoms with Crippen LogP contribution in [0, 0.1) is 0 Å². The minimum absolute atomic E-state index is 0.133.